The fourth-order valence-electron chi connectivity index (χ4n) is 5.86. The van der Waals surface area contributed by atoms with Crippen molar-refractivity contribution < 1.29 is 4.79 Å². The molecule has 4 heterocycles. The third kappa shape index (κ3) is 5.76. The first-order valence-corrected chi connectivity index (χ1v) is 13.8. The molecule has 3 aliphatic heterocycles. The van der Waals surface area contributed by atoms with Gasteiger partial charge in [-0.05, 0) is 69.7 Å². The predicted octanol–water partition coefficient (Wildman–Crippen LogP) is 3.06. The monoisotopic (exact) mass is 506 g/mol. The molecule has 200 valence electrons. The van der Waals surface area contributed by atoms with Crippen LogP contribution >= 0.6 is 0 Å². The minimum absolute atomic E-state index is 0.0589. The van der Waals surface area contributed by atoms with Crippen molar-refractivity contribution >= 4 is 23.6 Å². The van der Waals surface area contributed by atoms with Gasteiger partial charge in [0, 0.05) is 64.0 Å². The van der Waals surface area contributed by atoms with Crippen LogP contribution in [-0.2, 0) is 13.0 Å². The van der Waals surface area contributed by atoms with E-state index in [4.69, 9.17) is 5.73 Å². The maximum atomic E-state index is 12.4. The SMILES string of the molecule is CC(C)NC(=O)N1CCC(c2ccc3c(c2)CN(c2cc(N4CCN(C)CC4)nc(N)n2)C(C)C3)CC1. The summed E-state index contributed by atoms with van der Waals surface area (Å²) in [6.07, 6.45) is 2.99. The average Bonchev–Trinajstić information content (AvgIpc) is 2.88. The molecule has 2 fully saturated rings. The number of aromatic nitrogens is 2. The van der Waals surface area contributed by atoms with Gasteiger partial charge in [-0.1, -0.05) is 18.2 Å². The van der Waals surface area contributed by atoms with Crippen molar-refractivity contribution in [3.8, 4) is 0 Å². The Kier molecular flexibility index (Phi) is 7.42. The summed E-state index contributed by atoms with van der Waals surface area (Å²) in [5.41, 5.74) is 10.4. The number of anilines is 3. The number of rotatable bonds is 4. The molecule has 2 amide bonds. The number of nitrogens with one attached hydrogen (secondary N) is 1. The topological polar surface area (TPSA) is 93.9 Å². The van der Waals surface area contributed by atoms with E-state index in [-0.39, 0.29) is 12.1 Å². The molecule has 1 atom stereocenters. The number of hydrogen-bond donors (Lipinski definition) is 2. The zero-order valence-corrected chi connectivity index (χ0v) is 22.8. The Morgan fingerprint density at radius 2 is 1.70 bits per heavy atom. The number of urea groups is 1. The van der Waals surface area contributed by atoms with E-state index in [0.717, 1.165) is 76.7 Å². The van der Waals surface area contributed by atoms with Gasteiger partial charge in [-0.2, -0.15) is 9.97 Å². The molecule has 1 aromatic heterocycles. The van der Waals surface area contributed by atoms with Gasteiger partial charge >= 0.3 is 6.03 Å². The molecular weight excluding hydrogens is 464 g/mol. The second kappa shape index (κ2) is 10.7. The maximum Gasteiger partial charge on any atom is 0.317 e. The van der Waals surface area contributed by atoms with E-state index in [1.807, 2.05) is 18.7 Å². The fourth-order valence-corrected chi connectivity index (χ4v) is 5.86. The Morgan fingerprint density at radius 1 is 1.00 bits per heavy atom. The molecular formula is C28H42N8O. The van der Waals surface area contributed by atoms with Crippen LogP contribution in [0, 0.1) is 0 Å². The van der Waals surface area contributed by atoms with E-state index in [2.05, 4.69) is 68.2 Å². The summed E-state index contributed by atoms with van der Waals surface area (Å²) in [4.78, 5) is 30.6. The summed E-state index contributed by atoms with van der Waals surface area (Å²) in [6.45, 7) is 12.7. The molecule has 2 aromatic rings. The number of likely N-dealkylation sites (tertiary alicyclic amines) is 1. The van der Waals surface area contributed by atoms with E-state index >= 15 is 0 Å². The van der Waals surface area contributed by atoms with Crippen molar-refractivity contribution in [2.75, 3.05) is 61.8 Å². The lowest BCUT2D eigenvalue weighted by Gasteiger charge is -2.38. The number of fused-ring (bicyclic) bond motifs is 1. The minimum atomic E-state index is 0.0589. The first-order valence-electron chi connectivity index (χ1n) is 13.8. The lowest BCUT2D eigenvalue weighted by atomic mass is 9.85. The number of amides is 2. The molecule has 37 heavy (non-hydrogen) atoms. The largest absolute Gasteiger partial charge is 0.368 e. The second-order valence-corrected chi connectivity index (χ2v) is 11.3. The molecule has 0 radical (unpaired) electrons. The molecule has 0 aliphatic carbocycles. The zero-order chi connectivity index (χ0) is 26.1. The smallest absolute Gasteiger partial charge is 0.317 e. The van der Waals surface area contributed by atoms with Crippen LogP contribution in [0.25, 0.3) is 0 Å². The van der Waals surface area contributed by atoms with Crippen molar-refractivity contribution in [3.63, 3.8) is 0 Å². The highest BCUT2D eigenvalue weighted by molar-refractivity contribution is 5.74. The first kappa shape index (κ1) is 25.6. The highest BCUT2D eigenvalue weighted by atomic mass is 16.2. The quantitative estimate of drug-likeness (QED) is 0.658. The van der Waals surface area contributed by atoms with E-state index < -0.39 is 0 Å². The maximum absolute atomic E-state index is 12.4. The van der Waals surface area contributed by atoms with Crippen LogP contribution in [0.1, 0.15) is 56.2 Å². The fraction of sp³-hybridized carbons (Fsp3) is 0.607. The second-order valence-electron chi connectivity index (χ2n) is 11.3. The molecule has 9 nitrogen and oxygen atoms in total. The third-order valence-corrected chi connectivity index (χ3v) is 8.12. The molecule has 0 spiro atoms. The number of piperazine rings is 1. The summed E-state index contributed by atoms with van der Waals surface area (Å²) >= 11 is 0. The number of benzene rings is 1. The van der Waals surface area contributed by atoms with Crippen molar-refractivity contribution in [2.24, 2.45) is 0 Å². The summed E-state index contributed by atoms with van der Waals surface area (Å²) in [5.74, 6) is 2.66. The average molecular weight is 507 g/mol. The highest BCUT2D eigenvalue weighted by Crippen LogP contribution is 2.34. The number of piperidine rings is 1. The Labute approximate surface area is 221 Å². The van der Waals surface area contributed by atoms with Crippen LogP contribution < -0.4 is 20.9 Å². The minimum Gasteiger partial charge on any atom is -0.368 e. The molecule has 3 N–H and O–H groups in total. The van der Waals surface area contributed by atoms with Crippen molar-refractivity contribution in [3.05, 3.63) is 41.0 Å². The first-order chi connectivity index (χ1) is 17.8. The van der Waals surface area contributed by atoms with E-state index in [0.29, 0.717) is 17.9 Å². The number of hydrogen-bond acceptors (Lipinski definition) is 7. The zero-order valence-electron chi connectivity index (χ0n) is 22.8. The van der Waals surface area contributed by atoms with Crippen molar-refractivity contribution in [1.82, 2.24) is 25.1 Å². The Morgan fingerprint density at radius 3 is 2.41 bits per heavy atom. The van der Waals surface area contributed by atoms with Crippen molar-refractivity contribution in [1.29, 1.82) is 0 Å². The molecule has 0 saturated carbocycles. The van der Waals surface area contributed by atoms with Gasteiger partial charge in [0.1, 0.15) is 11.6 Å². The van der Waals surface area contributed by atoms with Crippen LogP contribution in [0.2, 0.25) is 0 Å². The van der Waals surface area contributed by atoms with Crippen LogP contribution in [-0.4, -0.2) is 84.2 Å². The van der Waals surface area contributed by atoms with Gasteiger partial charge in [0.25, 0.3) is 0 Å². The van der Waals surface area contributed by atoms with Gasteiger partial charge < -0.3 is 30.7 Å². The Hall–Kier alpha value is -3.07. The highest BCUT2D eigenvalue weighted by Gasteiger charge is 2.28. The van der Waals surface area contributed by atoms with E-state index in [1.165, 1.54) is 16.7 Å². The van der Waals surface area contributed by atoms with Gasteiger partial charge in [0.15, 0.2) is 0 Å². The number of carbonyl (C=O) groups is 1. The van der Waals surface area contributed by atoms with E-state index in [9.17, 15) is 4.79 Å². The van der Waals surface area contributed by atoms with Gasteiger partial charge in [0.2, 0.25) is 5.95 Å². The molecule has 0 bridgehead atoms. The normalized spacial score (nSPS) is 21.3. The molecule has 3 aliphatic rings. The molecule has 2 saturated heterocycles. The van der Waals surface area contributed by atoms with Crippen molar-refractivity contribution in [2.45, 2.75) is 64.6 Å². The van der Waals surface area contributed by atoms with Gasteiger partial charge in [-0.3, -0.25) is 0 Å². The predicted molar refractivity (Wildman–Crippen MR) is 149 cm³/mol. The third-order valence-electron chi connectivity index (χ3n) is 8.12. The molecule has 1 unspecified atom stereocenters. The molecule has 5 rings (SSSR count). The van der Waals surface area contributed by atoms with Gasteiger partial charge in [-0.15, -0.1) is 0 Å². The Bertz CT molecular complexity index is 1110. The van der Waals surface area contributed by atoms with Crippen LogP contribution in [0.4, 0.5) is 22.4 Å². The number of nitrogen functional groups attached to an aromatic ring is 1. The van der Waals surface area contributed by atoms with Crippen LogP contribution in [0.3, 0.4) is 0 Å². The lowest BCUT2D eigenvalue weighted by molar-refractivity contribution is 0.179. The molecule has 9 heteroatoms. The summed E-state index contributed by atoms with van der Waals surface area (Å²) in [6, 6.07) is 9.70. The summed E-state index contributed by atoms with van der Waals surface area (Å²) in [5, 5.41) is 3.02. The number of nitrogens with two attached hydrogens (primary N) is 1. The van der Waals surface area contributed by atoms with Crippen LogP contribution in [0.15, 0.2) is 24.3 Å². The number of carbonyl (C=O) groups excluding carboxylic acids is 1. The number of likely N-dealkylation sites (N-methyl/N-ethyl adjacent to an activating group) is 1. The number of nitrogens with zero attached hydrogens (tertiary/aromatic N) is 6. The van der Waals surface area contributed by atoms with E-state index in [1.54, 1.807) is 0 Å². The summed E-state index contributed by atoms with van der Waals surface area (Å²) < 4.78 is 0. The van der Waals surface area contributed by atoms with Crippen LogP contribution in [0.5, 0.6) is 0 Å². The van der Waals surface area contributed by atoms with Gasteiger partial charge in [-0.25, -0.2) is 4.79 Å². The summed E-state index contributed by atoms with van der Waals surface area (Å²) in [7, 11) is 2.16. The van der Waals surface area contributed by atoms with Gasteiger partial charge in [0.05, 0.1) is 0 Å². The standard InChI is InChI=1S/C28H42N8O/c1-19(2)30-28(37)35-9-7-21(8-10-35)23-6-5-22-15-20(3)36(18-24(22)16-23)26-17-25(31-27(29)32-26)34-13-11-33(4)12-14-34/h5-6,16-17,19-21H,7-15,18H2,1-4H3,(H,30,37)(H2,29,31,32). The molecule has 1 aromatic carbocycles. The Balaban J connectivity index is 1.30. The lowest BCUT2D eigenvalue weighted by Crippen LogP contribution is -2.46.